The van der Waals surface area contributed by atoms with Crippen LogP contribution in [0.3, 0.4) is 0 Å². The number of aliphatic hydroxyl groups is 2. The molecule has 1 aliphatic carbocycles. The lowest BCUT2D eigenvalue weighted by Gasteiger charge is -2.37. The zero-order valence-corrected chi connectivity index (χ0v) is 26.9. The Bertz CT molecular complexity index is 1430. The normalized spacial score (nSPS) is 23.7. The number of aromatic hydroxyl groups is 1. The lowest BCUT2D eigenvalue weighted by Crippen LogP contribution is -2.47. The number of benzene rings is 2. The predicted octanol–water partition coefficient (Wildman–Crippen LogP) is 5.08. The molecule has 2 heterocycles. The number of hydrogen-bond acceptors (Lipinski definition) is 7. The molecule has 2 amide bonds. The van der Waals surface area contributed by atoms with Gasteiger partial charge in [-0.15, -0.1) is 0 Å². The maximum atomic E-state index is 14.0. The van der Waals surface area contributed by atoms with Crippen LogP contribution >= 0.6 is 0 Å². The predicted molar refractivity (Wildman–Crippen MR) is 174 cm³/mol. The summed E-state index contributed by atoms with van der Waals surface area (Å²) >= 11 is 0. The third-order valence-electron chi connectivity index (χ3n) is 9.92. The SMILES string of the molecule is CCC/C(=C\c1ccc(O)c(F)c1)CC[C@@H](O)C1=C(COC)C[C@H]2C(=O)N(C3CCN(Cc4ccccc4)CC3)C(=O)[C@H]2[C@H]1CO. The van der Waals surface area contributed by atoms with E-state index in [2.05, 4.69) is 17.0 Å². The van der Waals surface area contributed by atoms with E-state index in [1.165, 1.54) is 22.6 Å². The highest BCUT2D eigenvalue weighted by atomic mass is 19.1. The van der Waals surface area contributed by atoms with Gasteiger partial charge in [0.15, 0.2) is 11.6 Å². The molecule has 46 heavy (non-hydrogen) atoms. The van der Waals surface area contributed by atoms with Crippen molar-refractivity contribution in [3.63, 3.8) is 0 Å². The molecule has 3 aliphatic rings. The Morgan fingerprint density at radius 2 is 1.83 bits per heavy atom. The molecule has 2 saturated heterocycles. The first-order chi connectivity index (χ1) is 22.2. The molecule has 0 radical (unpaired) electrons. The number of rotatable bonds is 13. The lowest BCUT2D eigenvalue weighted by atomic mass is 9.68. The van der Waals surface area contributed by atoms with Gasteiger partial charge in [-0.3, -0.25) is 19.4 Å². The number of carbonyl (C=O) groups is 2. The fourth-order valence-corrected chi connectivity index (χ4v) is 7.74. The van der Waals surface area contributed by atoms with Crippen LogP contribution in [0, 0.1) is 23.6 Å². The number of carbonyl (C=O) groups excluding carboxylic acids is 2. The standard InChI is InChI=1S/C37H47FN2O6/c1-3-7-24(18-26-11-12-32(42)31(38)19-26)10-13-33(43)34-27(23-46-2)20-29-35(30(34)22-41)37(45)40(36(29)44)28-14-16-39(17-15-28)21-25-8-5-4-6-9-25/h4-6,8-9,11-12,18-19,28-30,33,35,41-43H,3,7,10,13-17,20-23H2,1-2H3/b24-18+/t29-,30+,33-,35-/m1/s1. The largest absolute Gasteiger partial charge is 0.505 e. The van der Waals surface area contributed by atoms with Gasteiger partial charge in [-0.25, -0.2) is 4.39 Å². The maximum absolute atomic E-state index is 14.0. The van der Waals surface area contributed by atoms with E-state index in [1.807, 2.05) is 31.2 Å². The van der Waals surface area contributed by atoms with Gasteiger partial charge in [0.2, 0.25) is 11.8 Å². The summed E-state index contributed by atoms with van der Waals surface area (Å²) in [6.45, 7) is 4.31. The number of likely N-dealkylation sites (tertiary alicyclic amines) is 2. The van der Waals surface area contributed by atoms with Crippen LogP contribution in [-0.2, 0) is 20.9 Å². The number of nitrogens with zero attached hydrogens (tertiary/aromatic N) is 2. The number of allylic oxidation sites excluding steroid dienone is 1. The van der Waals surface area contributed by atoms with E-state index in [4.69, 9.17) is 4.74 Å². The molecule has 0 unspecified atom stereocenters. The minimum absolute atomic E-state index is 0.175. The van der Waals surface area contributed by atoms with Gasteiger partial charge in [-0.1, -0.05) is 61.4 Å². The van der Waals surface area contributed by atoms with Crippen molar-refractivity contribution < 1.29 is 34.0 Å². The summed E-state index contributed by atoms with van der Waals surface area (Å²) in [7, 11) is 1.56. The van der Waals surface area contributed by atoms with Gasteiger partial charge in [0.1, 0.15) is 0 Å². The molecular formula is C37H47FN2O6. The molecule has 2 aromatic carbocycles. The van der Waals surface area contributed by atoms with Crippen LogP contribution < -0.4 is 0 Å². The molecule has 4 atom stereocenters. The number of halogens is 1. The monoisotopic (exact) mass is 634 g/mol. The first kappa shape index (κ1) is 34.0. The zero-order chi connectivity index (χ0) is 32.8. The topological polar surface area (TPSA) is 111 Å². The number of ether oxygens (including phenoxy) is 1. The van der Waals surface area contributed by atoms with Gasteiger partial charge < -0.3 is 20.1 Å². The average molecular weight is 635 g/mol. The van der Waals surface area contributed by atoms with Crippen molar-refractivity contribution in [2.45, 2.75) is 70.6 Å². The van der Waals surface area contributed by atoms with Crippen molar-refractivity contribution in [3.8, 4) is 5.75 Å². The Kier molecular flexibility index (Phi) is 11.4. The molecule has 2 fully saturated rings. The van der Waals surface area contributed by atoms with Crippen LogP contribution in [0.15, 0.2) is 65.3 Å². The fraction of sp³-hybridized carbons (Fsp3) is 0.514. The third kappa shape index (κ3) is 7.44. The Balaban J connectivity index is 1.30. The van der Waals surface area contributed by atoms with Crippen molar-refractivity contribution in [3.05, 3.63) is 82.2 Å². The number of hydrogen-bond donors (Lipinski definition) is 3. The molecule has 0 bridgehead atoms. The van der Waals surface area contributed by atoms with Crippen molar-refractivity contribution in [1.82, 2.24) is 9.80 Å². The van der Waals surface area contributed by atoms with Gasteiger partial charge >= 0.3 is 0 Å². The van der Waals surface area contributed by atoms with Crippen molar-refractivity contribution in [2.75, 3.05) is 33.4 Å². The number of methoxy groups -OCH3 is 1. The Hall–Kier alpha value is -3.37. The molecular weight excluding hydrogens is 587 g/mol. The van der Waals surface area contributed by atoms with Crippen LogP contribution in [-0.4, -0.2) is 82.5 Å². The molecule has 0 saturated carbocycles. The summed E-state index contributed by atoms with van der Waals surface area (Å²) in [5.74, 6) is -3.47. The number of fused-ring (bicyclic) bond motifs is 1. The summed E-state index contributed by atoms with van der Waals surface area (Å²) in [5, 5.41) is 31.8. The van der Waals surface area contributed by atoms with Crippen molar-refractivity contribution in [1.29, 1.82) is 0 Å². The van der Waals surface area contributed by atoms with Crippen LogP contribution in [0.25, 0.3) is 6.08 Å². The van der Waals surface area contributed by atoms with Gasteiger partial charge in [-0.05, 0) is 72.9 Å². The second-order valence-electron chi connectivity index (χ2n) is 13.0. The van der Waals surface area contributed by atoms with Crippen molar-refractivity contribution in [2.24, 2.45) is 17.8 Å². The average Bonchev–Trinajstić information content (AvgIpc) is 3.30. The first-order valence-electron chi connectivity index (χ1n) is 16.6. The van der Waals surface area contributed by atoms with E-state index in [0.717, 1.165) is 43.6 Å². The van der Waals surface area contributed by atoms with Crippen LogP contribution in [0.5, 0.6) is 5.75 Å². The summed E-state index contributed by atoms with van der Waals surface area (Å²) in [6.07, 6.45) is 5.14. The molecule has 5 rings (SSSR count). The van der Waals surface area contributed by atoms with E-state index in [-0.39, 0.29) is 31.1 Å². The summed E-state index contributed by atoms with van der Waals surface area (Å²) in [5.41, 5.74) is 4.27. The number of imide groups is 1. The number of phenols is 1. The third-order valence-corrected chi connectivity index (χ3v) is 9.92. The second-order valence-corrected chi connectivity index (χ2v) is 13.0. The van der Waals surface area contributed by atoms with Gasteiger partial charge in [-0.2, -0.15) is 0 Å². The summed E-state index contributed by atoms with van der Waals surface area (Å²) in [6, 6.07) is 14.3. The van der Waals surface area contributed by atoms with Gasteiger partial charge in [0, 0.05) is 38.7 Å². The fourth-order valence-electron chi connectivity index (χ4n) is 7.74. The molecule has 2 aliphatic heterocycles. The van der Waals surface area contributed by atoms with Crippen LogP contribution in [0.2, 0.25) is 0 Å². The van der Waals surface area contributed by atoms with Crippen LogP contribution in [0.1, 0.15) is 63.0 Å². The molecule has 248 valence electrons. The smallest absolute Gasteiger partial charge is 0.234 e. The highest BCUT2D eigenvalue weighted by Crippen LogP contribution is 2.47. The summed E-state index contributed by atoms with van der Waals surface area (Å²) in [4.78, 5) is 31.7. The molecule has 8 nitrogen and oxygen atoms in total. The molecule has 0 aromatic heterocycles. The first-order valence-corrected chi connectivity index (χ1v) is 16.6. The Morgan fingerprint density at radius 3 is 2.48 bits per heavy atom. The Morgan fingerprint density at radius 1 is 1.09 bits per heavy atom. The van der Waals surface area contributed by atoms with E-state index in [9.17, 15) is 29.3 Å². The van der Waals surface area contributed by atoms with Crippen LogP contribution in [0.4, 0.5) is 4.39 Å². The van der Waals surface area contributed by atoms with E-state index < -0.39 is 35.4 Å². The maximum Gasteiger partial charge on any atom is 0.234 e. The minimum Gasteiger partial charge on any atom is -0.505 e. The van der Waals surface area contributed by atoms with E-state index in [1.54, 1.807) is 13.2 Å². The van der Waals surface area contributed by atoms with E-state index >= 15 is 0 Å². The number of aliphatic hydroxyl groups excluding tert-OH is 2. The number of piperidine rings is 1. The quantitative estimate of drug-likeness (QED) is 0.208. The highest BCUT2D eigenvalue weighted by Gasteiger charge is 2.56. The van der Waals surface area contributed by atoms with Gasteiger partial charge in [0.05, 0.1) is 31.2 Å². The van der Waals surface area contributed by atoms with Crippen molar-refractivity contribution >= 4 is 17.9 Å². The zero-order valence-electron chi connectivity index (χ0n) is 26.9. The minimum atomic E-state index is -0.946. The molecule has 2 aromatic rings. The lowest BCUT2D eigenvalue weighted by molar-refractivity contribution is -0.144. The highest BCUT2D eigenvalue weighted by molar-refractivity contribution is 6.06. The molecule has 0 spiro atoms. The van der Waals surface area contributed by atoms with Gasteiger partial charge in [0.25, 0.3) is 0 Å². The van der Waals surface area contributed by atoms with E-state index in [0.29, 0.717) is 43.2 Å². The number of phenolic OH excluding ortho intramolecular Hbond substituents is 1. The second kappa shape index (κ2) is 15.5. The molecule has 9 heteroatoms. The molecule has 3 N–H and O–H groups in total. The Labute approximate surface area is 271 Å². The number of amides is 2. The summed E-state index contributed by atoms with van der Waals surface area (Å²) < 4.78 is 19.5.